The lowest BCUT2D eigenvalue weighted by Crippen LogP contribution is -2.13. The number of nitrogens with one attached hydrogen (secondary N) is 1. The van der Waals surface area contributed by atoms with Crippen LogP contribution in [-0.4, -0.2) is 5.91 Å². The van der Waals surface area contributed by atoms with Gasteiger partial charge in [-0.15, -0.1) is 12.4 Å². The van der Waals surface area contributed by atoms with Crippen LogP contribution in [0.1, 0.15) is 18.4 Å². The van der Waals surface area contributed by atoms with Gasteiger partial charge < -0.3 is 11.1 Å². The molecule has 3 nitrogen and oxygen atoms in total. The summed E-state index contributed by atoms with van der Waals surface area (Å²) in [5, 5.41) is 2.88. The van der Waals surface area contributed by atoms with Crippen molar-refractivity contribution in [2.24, 2.45) is 11.7 Å². The molecule has 0 spiro atoms. The summed E-state index contributed by atoms with van der Waals surface area (Å²) in [6, 6.07) is 7.66. The Morgan fingerprint density at radius 3 is 2.80 bits per heavy atom. The second-order valence-corrected chi connectivity index (χ2v) is 3.67. The fourth-order valence-corrected chi connectivity index (χ4v) is 1.37. The first-order valence-corrected chi connectivity index (χ1v) is 4.89. The minimum absolute atomic E-state index is 0. The van der Waals surface area contributed by atoms with Crippen molar-refractivity contribution in [3.05, 3.63) is 29.8 Å². The molecular formula is C11H15ClN2O. The van der Waals surface area contributed by atoms with Crippen LogP contribution < -0.4 is 11.1 Å². The van der Waals surface area contributed by atoms with Crippen molar-refractivity contribution in [1.29, 1.82) is 0 Å². The molecule has 0 saturated heterocycles. The van der Waals surface area contributed by atoms with Crippen LogP contribution in [-0.2, 0) is 11.3 Å². The average molecular weight is 227 g/mol. The van der Waals surface area contributed by atoms with Crippen LogP contribution in [0.15, 0.2) is 24.3 Å². The van der Waals surface area contributed by atoms with E-state index in [4.69, 9.17) is 5.73 Å². The van der Waals surface area contributed by atoms with Gasteiger partial charge in [0.2, 0.25) is 5.91 Å². The number of amides is 1. The third kappa shape index (κ3) is 3.22. The Balaban J connectivity index is 0.00000112. The first kappa shape index (κ1) is 12.0. The predicted molar refractivity (Wildman–Crippen MR) is 62.9 cm³/mol. The number of benzene rings is 1. The Morgan fingerprint density at radius 2 is 2.20 bits per heavy atom. The average Bonchev–Trinajstić information content (AvgIpc) is 3.01. The van der Waals surface area contributed by atoms with Crippen LogP contribution in [0.4, 0.5) is 5.69 Å². The lowest BCUT2D eigenvalue weighted by molar-refractivity contribution is -0.117. The highest BCUT2D eigenvalue weighted by Gasteiger charge is 2.29. The molecule has 1 saturated carbocycles. The van der Waals surface area contributed by atoms with E-state index in [0.717, 1.165) is 24.1 Å². The highest BCUT2D eigenvalue weighted by atomic mass is 35.5. The van der Waals surface area contributed by atoms with Crippen molar-refractivity contribution >= 4 is 24.0 Å². The van der Waals surface area contributed by atoms with Gasteiger partial charge in [-0.05, 0) is 30.5 Å². The number of hydrogen-bond donors (Lipinski definition) is 2. The van der Waals surface area contributed by atoms with E-state index in [-0.39, 0.29) is 24.2 Å². The number of nitrogens with two attached hydrogens (primary N) is 1. The lowest BCUT2D eigenvalue weighted by atomic mass is 10.2. The van der Waals surface area contributed by atoms with Gasteiger partial charge in [0.1, 0.15) is 0 Å². The van der Waals surface area contributed by atoms with Gasteiger partial charge in [0.05, 0.1) is 0 Å². The van der Waals surface area contributed by atoms with E-state index in [9.17, 15) is 4.79 Å². The van der Waals surface area contributed by atoms with Crippen LogP contribution in [0.5, 0.6) is 0 Å². The molecule has 0 aliphatic heterocycles. The molecular weight excluding hydrogens is 212 g/mol. The van der Waals surface area contributed by atoms with Crippen molar-refractivity contribution < 1.29 is 4.79 Å². The fraction of sp³-hybridized carbons (Fsp3) is 0.364. The molecule has 4 heteroatoms. The van der Waals surface area contributed by atoms with E-state index in [2.05, 4.69) is 5.32 Å². The smallest absolute Gasteiger partial charge is 0.227 e. The number of halogens is 1. The molecule has 0 heterocycles. The van der Waals surface area contributed by atoms with Gasteiger partial charge in [-0.3, -0.25) is 4.79 Å². The van der Waals surface area contributed by atoms with Gasteiger partial charge >= 0.3 is 0 Å². The molecule has 82 valence electrons. The largest absolute Gasteiger partial charge is 0.326 e. The lowest BCUT2D eigenvalue weighted by Gasteiger charge is -2.05. The molecule has 2 rings (SSSR count). The fourth-order valence-electron chi connectivity index (χ4n) is 1.37. The zero-order valence-corrected chi connectivity index (χ0v) is 9.22. The monoisotopic (exact) mass is 226 g/mol. The third-order valence-electron chi connectivity index (χ3n) is 2.38. The minimum atomic E-state index is 0. The van der Waals surface area contributed by atoms with E-state index in [1.165, 1.54) is 0 Å². The molecule has 1 aliphatic rings. The van der Waals surface area contributed by atoms with Crippen LogP contribution in [0.2, 0.25) is 0 Å². The Labute approximate surface area is 95.5 Å². The molecule has 0 radical (unpaired) electrons. The van der Waals surface area contributed by atoms with E-state index in [1.54, 1.807) is 0 Å². The standard InChI is InChI=1S/C11H14N2O.ClH/c12-7-8-2-1-3-10(6-8)13-11(14)9-4-5-9;/h1-3,6,9H,4-5,7,12H2,(H,13,14);1H. The molecule has 1 aromatic rings. The minimum Gasteiger partial charge on any atom is -0.326 e. The molecule has 0 bridgehead atoms. The zero-order chi connectivity index (χ0) is 9.97. The second kappa shape index (κ2) is 5.14. The van der Waals surface area contributed by atoms with Gasteiger partial charge in [0.25, 0.3) is 0 Å². The summed E-state index contributed by atoms with van der Waals surface area (Å²) < 4.78 is 0. The summed E-state index contributed by atoms with van der Waals surface area (Å²) in [5.41, 5.74) is 7.40. The third-order valence-corrected chi connectivity index (χ3v) is 2.38. The normalized spacial score (nSPS) is 14.2. The zero-order valence-electron chi connectivity index (χ0n) is 8.40. The molecule has 1 aliphatic carbocycles. The maximum Gasteiger partial charge on any atom is 0.227 e. The number of carbonyl (C=O) groups is 1. The van der Waals surface area contributed by atoms with E-state index >= 15 is 0 Å². The quantitative estimate of drug-likeness (QED) is 0.828. The molecule has 0 aromatic heterocycles. The molecule has 1 fully saturated rings. The molecule has 1 amide bonds. The summed E-state index contributed by atoms with van der Waals surface area (Å²) in [4.78, 5) is 11.4. The Hall–Kier alpha value is -1.06. The number of anilines is 1. The van der Waals surface area contributed by atoms with E-state index in [0.29, 0.717) is 6.54 Å². The summed E-state index contributed by atoms with van der Waals surface area (Å²) in [7, 11) is 0. The van der Waals surface area contributed by atoms with Crippen LogP contribution in [0.25, 0.3) is 0 Å². The SMILES string of the molecule is Cl.NCc1cccc(NC(=O)C2CC2)c1. The summed E-state index contributed by atoms with van der Waals surface area (Å²) >= 11 is 0. The number of rotatable bonds is 3. The second-order valence-electron chi connectivity index (χ2n) is 3.67. The maximum atomic E-state index is 11.4. The Bertz CT molecular complexity index is 350. The van der Waals surface area contributed by atoms with Gasteiger partial charge in [-0.1, -0.05) is 12.1 Å². The highest BCUT2D eigenvalue weighted by molar-refractivity contribution is 5.94. The van der Waals surface area contributed by atoms with Crippen molar-refractivity contribution in [3.8, 4) is 0 Å². The maximum absolute atomic E-state index is 11.4. The van der Waals surface area contributed by atoms with Crippen molar-refractivity contribution in [3.63, 3.8) is 0 Å². The Morgan fingerprint density at radius 1 is 1.47 bits per heavy atom. The van der Waals surface area contributed by atoms with E-state index in [1.807, 2.05) is 24.3 Å². The molecule has 15 heavy (non-hydrogen) atoms. The first-order chi connectivity index (χ1) is 6.79. The van der Waals surface area contributed by atoms with Crippen molar-refractivity contribution in [2.45, 2.75) is 19.4 Å². The van der Waals surface area contributed by atoms with Gasteiger partial charge in [0, 0.05) is 18.2 Å². The van der Waals surface area contributed by atoms with Crippen LogP contribution >= 0.6 is 12.4 Å². The van der Waals surface area contributed by atoms with Crippen LogP contribution in [0.3, 0.4) is 0 Å². The topological polar surface area (TPSA) is 55.1 Å². The number of carbonyl (C=O) groups excluding carboxylic acids is 1. The van der Waals surface area contributed by atoms with E-state index < -0.39 is 0 Å². The molecule has 3 N–H and O–H groups in total. The van der Waals surface area contributed by atoms with Gasteiger partial charge in [-0.2, -0.15) is 0 Å². The summed E-state index contributed by atoms with van der Waals surface area (Å²) in [6.07, 6.45) is 2.06. The summed E-state index contributed by atoms with van der Waals surface area (Å²) in [6.45, 7) is 0.507. The summed E-state index contributed by atoms with van der Waals surface area (Å²) in [5.74, 6) is 0.385. The molecule has 0 atom stereocenters. The van der Waals surface area contributed by atoms with Gasteiger partial charge in [-0.25, -0.2) is 0 Å². The van der Waals surface area contributed by atoms with Crippen molar-refractivity contribution in [2.75, 3.05) is 5.32 Å². The number of hydrogen-bond acceptors (Lipinski definition) is 2. The van der Waals surface area contributed by atoms with Crippen molar-refractivity contribution in [1.82, 2.24) is 0 Å². The van der Waals surface area contributed by atoms with Crippen LogP contribution in [0, 0.1) is 5.92 Å². The molecule has 0 unspecified atom stereocenters. The first-order valence-electron chi connectivity index (χ1n) is 4.89. The predicted octanol–water partition coefficient (Wildman–Crippen LogP) is 1.92. The molecule has 1 aromatic carbocycles. The van der Waals surface area contributed by atoms with Gasteiger partial charge in [0.15, 0.2) is 0 Å². The Kier molecular flexibility index (Phi) is 4.12. The highest BCUT2D eigenvalue weighted by Crippen LogP contribution is 2.30.